The molecule has 1 aromatic heterocycles. The van der Waals surface area contributed by atoms with E-state index < -0.39 is 11.9 Å². The van der Waals surface area contributed by atoms with Crippen molar-refractivity contribution in [3.63, 3.8) is 0 Å². The van der Waals surface area contributed by atoms with Crippen molar-refractivity contribution in [1.29, 1.82) is 0 Å². The lowest BCUT2D eigenvalue weighted by Crippen LogP contribution is -2.15. The van der Waals surface area contributed by atoms with Gasteiger partial charge in [-0.05, 0) is 36.8 Å². The molecule has 17 heavy (non-hydrogen) atoms. The predicted molar refractivity (Wildman–Crippen MR) is 59.6 cm³/mol. The van der Waals surface area contributed by atoms with Gasteiger partial charge in [0.15, 0.2) is 0 Å². The first-order valence-corrected chi connectivity index (χ1v) is 5.75. The van der Waals surface area contributed by atoms with Crippen LogP contribution in [0.15, 0.2) is 18.2 Å². The number of hydrogen-bond donors (Lipinski definition) is 1. The summed E-state index contributed by atoms with van der Waals surface area (Å²) in [5, 5.41) is 2.97. The van der Waals surface area contributed by atoms with Gasteiger partial charge in [0.1, 0.15) is 11.5 Å². The highest BCUT2D eigenvalue weighted by Crippen LogP contribution is 2.36. The fraction of sp³-hybridized carbons (Fsp3) is 0.583. The van der Waals surface area contributed by atoms with Gasteiger partial charge in [-0.1, -0.05) is 13.0 Å². The van der Waals surface area contributed by atoms with Gasteiger partial charge in [-0.2, -0.15) is 13.2 Å². The monoisotopic (exact) mass is 244 g/mol. The minimum Gasteiger partial charge on any atom is -0.370 e. The maximum atomic E-state index is 12.4. The molecule has 1 fully saturated rings. The number of hydrogen-bond acceptors (Lipinski definition) is 2. The van der Waals surface area contributed by atoms with Crippen molar-refractivity contribution < 1.29 is 13.2 Å². The molecule has 0 aliphatic heterocycles. The summed E-state index contributed by atoms with van der Waals surface area (Å²) in [6.45, 7) is 2.79. The van der Waals surface area contributed by atoms with Gasteiger partial charge in [0.05, 0.1) is 0 Å². The summed E-state index contributed by atoms with van der Waals surface area (Å²) in [4.78, 5) is 3.56. The SMILES string of the molecule is CC(CNc1cccc(C(F)(F)F)n1)C1CC1. The molecule has 0 spiro atoms. The second-order valence-electron chi connectivity index (χ2n) is 4.60. The maximum absolute atomic E-state index is 12.4. The molecule has 0 amide bonds. The van der Waals surface area contributed by atoms with E-state index in [4.69, 9.17) is 0 Å². The van der Waals surface area contributed by atoms with E-state index >= 15 is 0 Å². The van der Waals surface area contributed by atoms with Crippen LogP contribution in [0.5, 0.6) is 0 Å². The van der Waals surface area contributed by atoms with Gasteiger partial charge in [0.25, 0.3) is 0 Å². The minimum atomic E-state index is -4.38. The molecule has 5 heteroatoms. The molecular weight excluding hydrogens is 229 g/mol. The first-order chi connectivity index (χ1) is 7.97. The van der Waals surface area contributed by atoms with Gasteiger partial charge >= 0.3 is 6.18 Å². The summed E-state index contributed by atoms with van der Waals surface area (Å²) >= 11 is 0. The Bertz CT molecular complexity index is 386. The van der Waals surface area contributed by atoms with Gasteiger partial charge in [-0.15, -0.1) is 0 Å². The van der Waals surface area contributed by atoms with Crippen LogP contribution in [0, 0.1) is 11.8 Å². The highest BCUT2D eigenvalue weighted by Gasteiger charge is 2.32. The van der Waals surface area contributed by atoms with E-state index in [0.29, 0.717) is 18.3 Å². The van der Waals surface area contributed by atoms with Crippen molar-refractivity contribution in [1.82, 2.24) is 4.98 Å². The van der Waals surface area contributed by atoms with Crippen LogP contribution >= 0.6 is 0 Å². The third-order valence-corrected chi connectivity index (χ3v) is 3.07. The van der Waals surface area contributed by atoms with Crippen LogP contribution < -0.4 is 5.32 Å². The second-order valence-corrected chi connectivity index (χ2v) is 4.60. The zero-order chi connectivity index (χ0) is 12.5. The molecule has 1 aliphatic rings. The van der Waals surface area contributed by atoms with Crippen LogP contribution in [0.3, 0.4) is 0 Å². The van der Waals surface area contributed by atoms with Crippen LogP contribution in [0.4, 0.5) is 19.0 Å². The molecule has 1 unspecified atom stereocenters. The number of nitrogens with one attached hydrogen (secondary N) is 1. The van der Waals surface area contributed by atoms with E-state index in [-0.39, 0.29) is 0 Å². The fourth-order valence-electron chi connectivity index (χ4n) is 1.79. The first-order valence-electron chi connectivity index (χ1n) is 5.75. The third-order valence-electron chi connectivity index (χ3n) is 3.07. The summed E-state index contributed by atoms with van der Waals surface area (Å²) in [7, 11) is 0. The molecule has 94 valence electrons. The summed E-state index contributed by atoms with van der Waals surface area (Å²) in [6, 6.07) is 3.92. The molecule has 1 heterocycles. The Morgan fingerprint density at radius 3 is 2.71 bits per heavy atom. The molecule has 0 radical (unpaired) electrons. The molecule has 2 rings (SSSR count). The largest absolute Gasteiger partial charge is 0.433 e. The Labute approximate surface area is 98.2 Å². The summed E-state index contributed by atoms with van der Waals surface area (Å²) in [5.41, 5.74) is -0.846. The van der Waals surface area contributed by atoms with Crippen molar-refractivity contribution in [3.05, 3.63) is 23.9 Å². The number of anilines is 1. The van der Waals surface area contributed by atoms with E-state index in [0.717, 1.165) is 12.0 Å². The van der Waals surface area contributed by atoms with Crippen molar-refractivity contribution in [2.45, 2.75) is 25.9 Å². The van der Waals surface area contributed by atoms with Crippen molar-refractivity contribution >= 4 is 5.82 Å². The smallest absolute Gasteiger partial charge is 0.370 e. The molecule has 1 atom stereocenters. The lowest BCUT2D eigenvalue weighted by atomic mass is 10.1. The highest BCUT2D eigenvalue weighted by atomic mass is 19.4. The number of alkyl halides is 3. The maximum Gasteiger partial charge on any atom is 0.433 e. The highest BCUT2D eigenvalue weighted by molar-refractivity contribution is 5.36. The van der Waals surface area contributed by atoms with E-state index in [2.05, 4.69) is 17.2 Å². The Morgan fingerprint density at radius 2 is 2.12 bits per heavy atom. The van der Waals surface area contributed by atoms with Crippen LogP contribution in [-0.2, 0) is 6.18 Å². The lowest BCUT2D eigenvalue weighted by molar-refractivity contribution is -0.141. The van der Waals surface area contributed by atoms with Gasteiger partial charge < -0.3 is 5.32 Å². The molecule has 1 aliphatic carbocycles. The Balaban J connectivity index is 1.96. The number of nitrogens with zero attached hydrogens (tertiary/aromatic N) is 1. The standard InChI is InChI=1S/C12H15F3N2/c1-8(9-5-6-9)7-16-11-4-2-3-10(17-11)12(13,14)15/h2-4,8-9H,5-7H2,1H3,(H,16,17). The van der Waals surface area contributed by atoms with Crippen molar-refractivity contribution in [3.8, 4) is 0 Å². The van der Waals surface area contributed by atoms with E-state index in [9.17, 15) is 13.2 Å². The van der Waals surface area contributed by atoms with Crippen LogP contribution in [0.1, 0.15) is 25.5 Å². The quantitative estimate of drug-likeness (QED) is 0.876. The normalized spacial score (nSPS) is 17.9. The Hall–Kier alpha value is -1.26. The molecule has 2 nitrogen and oxygen atoms in total. The fourth-order valence-corrected chi connectivity index (χ4v) is 1.79. The Kier molecular flexibility index (Phi) is 3.26. The number of pyridine rings is 1. The zero-order valence-corrected chi connectivity index (χ0v) is 9.59. The minimum absolute atomic E-state index is 0.298. The molecule has 1 N–H and O–H groups in total. The number of rotatable bonds is 4. The lowest BCUT2D eigenvalue weighted by Gasteiger charge is -2.13. The zero-order valence-electron chi connectivity index (χ0n) is 9.59. The van der Waals surface area contributed by atoms with E-state index in [1.165, 1.54) is 18.9 Å². The molecule has 0 aromatic carbocycles. The average molecular weight is 244 g/mol. The predicted octanol–water partition coefficient (Wildman–Crippen LogP) is 3.56. The van der Waals surface area contributed by atoms with Gasteiger partial charge in [-0.3, -0.25) is 0 Å². The van der Waals surface area contributed by atoms with Crippen LogP contribution in [-0.4, -0.2) is 11.5 Å². The van der Waals surface area contributed by atoms with Gasteiger partial charge in [-0.25, -0.2) is 4.98 Å². The topological polar surface area (TPSA) is 24.9 Å². The molecular formula is C12H15F3N2. The summed E-state index contributed by atoms with van der Waals surface area (Å²) < 4.78 is 37.2. The van der Waals surface area contributed by atoms with Gasteiger partial charge in [0, 0.05) is 6.54 Å². The van der Waals surface area contributed by atoms with Crippen molar-refractivity contribution in [2.75, 3.05) is 11.9 Å². The van der Waals surface area contributed by atoms with Gasteiger partial charge in [0.2, 0.25) is 0 Å². The third kappa shape index (κ3) is 3.35. The summed E-state index contributed by atoms with van der Waals surface area (Å²) in [5.74, 6) is 1.52. The van der Waals surface area contributed by atoms with Crippen LogP contribution in [0.25, 0.3) is 0 Å². The average Bonchev–Trinajstić information content (AvgIpc) is 3.09. The summed E-state index contributed by atoms with van der Waals surface area (Å²) in [6.07, 6.45) is -1.91. The van der Waals surface area contributed by atoms with E-state index in [1.54, 1.807) is 6.07 Å². The molecule has 1 saturated carbocycles. The first kappa shape index (κ1) is 12.2. The van der Waals surface area contributed by atoms with E-state index in [1.807, 2.05) is 0 Å². The van der Waals surface area contributed by atoms with Crippen molar-refractivity contribution in [2.24, 2.45) is 11.8 Å². The molecule has 0 saturated heterocycles. The van der Waals surface area contributed by atoms with Crippen LogP contribution in [0.2, 0.25) is 0 Å². The second kappa shape index (κ2) is 4.55. The molecule has 0 bridgehead atoms. The number of halogens is 3. The Morgan fingerprint density at radius 1 is 1.41 bits per heavy atom. The molecule has 1 aromatic rings. The number of aromatic nitrogens is 1.